The average Bonchev–Trinajstić information content (AvgIpc) is 2.80. The third-order valence-corrected chi connectivity index (χ3v) is 4.42. The molecule has 0 aliphatic carbocycles. The summed E-state index contributed by atoms with van der Waals surface area (Å²) in [7, 11) is 0. The Hall–Kier alpha value is -0.831. The number of aromatic nitrogens is 1. The number of rotatable bonds is 3. The Labute approximate surface area is 88.1 Å². The van der Waals surface area contributed by atoms with Crippen LogP contribution in [0.2, 0.25) is 0 Å². The molecule has 4 heteroatoms. The second-order valence-electron chi connectivity index (χ2n) is 3.09. The molecular weight excluding hydrogens is 245 g/mol. The first-order valence-electron chi connectivity index (χ1n) is 4.36. The molecule has 2 rings (SSSR count). The number of aliphatic hydroxyl groups is 1. The van der Waals surface area contributed by atoms with E-state index in [4.69, 9.17) is 4.42 Å². The van der Waals surface area contributed by atoms with E-state index in [1.54, 1.807) is 12.5 Å². The van der Waals surface area contributed by atoms with Crippen LogP contribution in [0.4, 0.5) is 0 Å². The first kappa shape index (κ1) is 9.71. The van der Waals surface area contributed by atoms with Crippen LogP contribution in [-0.4, -0.2) is 31.2 Å². The number of aliphatic hydroxyl groups excluding tert-OH is 1. The molecule has 0 aliphatic heterocycles. The zero-order valence-corrected chi connectivity index (χ0v) is 9.52. The van der Waals surface area contributed by atoms with Crippen molar-refractivity contribution in [2.45, 2.75) is 12.8 Å². The van der Waals surface area contributed by atoms with Crippen molar-refractivity contribution in [3.05, 3.63) is 39.4 Å². The van der Waals surface area contributed by atoms with Gasteiger partial charge in [0, 0.05) is 0 Å². The third kappa shape index (κ3) is 1.69. The van der Waals surface area contributed by atoms with E-state index in [9.17, 15) is 5.11 Å². The van der Waals surface area contributed by atoms with E-state index < -0.39 is 0 Å². The van der Waals surface area contributed by atoms with Crippen molar-refractivity contribution < 1.29 is 9.52 Å². The van der Waals surface area contributed by atoms with Gasteiger partial charge in [0.2, 0.25) is 0 Å². The van der Waals surface area contributed by atoms with Crippen LogP contribution in [-0.2, 0) is 0 Å². The third-order valence-electron chi connectivity index (χ3n) is 2.23. The maximum absolute atomic E-state index is 9.35. The van der Waals surface area contributed by atoms with Gasteiger partial charge in [-0.15, -0.1) is 0 Å². The van der Waals surface area contributed by atoms with Gasteiger partial charge >= 0.3 is 87.8 Å². The van der Waals surface area contributed by atoms with E-state index in [2.05, 4.69) is 4.98 Å². The Morgan fingerprint density at radius 2 is 2.50 bits per heavy atom. The molecule has 0 spiro atoms. The van der Waals surface area contributed by atoms with Crippen LogP contribution in [0.5, 0.6) is 0 Å². The number of aryl methyl sites for hydroxylation is 1. The summed E-state index contributed by atoms with van der Waals surface area (Å²) in [6, 6.07) is 1.90. The summed E-state index contributed by atoms with van der Waals surface area (Å²) in [5.41, 5.74) is 2.08. The van der Waals surface area contributed by atoms with E-state index in [1.807, 2.05) is 18.1 Å². The SMILES string of the molecule is Cc1nc[se]c1C(CO)c1ccoc1. The van der Waals surface area contributed by atoms with Crippen LogP contribution in [0.3, 0.4) is 0 Å². The molecule has 0 radical (unpaired) electrons. The van der Waals surface area contributed by atoms with Gasteiger partial charge in [-0.2, -0.15) is 0 Å². The van der Waals surface area contributed by atoms with Gasteiger partial charge in [-0.05, 0) is 0 Å². The fraction of sp³-hybridized carbons (Fsp3) is 0.300. The van der Waals surface area contributed by atoms with Gasteiger partial charge in [0.05, 0.1) is 0 Å². The molecular formula is C10H11NO2Se. The first-order chi connectivity index (χ1) is 6.83. The van der Waals surface area contributed by atoms with Crippen LogP contribution in [0.1, 0.15) is 21.6 Å². The van der Waals surface area contributed by atoms with Gasteiger partial charge in [0.25, 0.3) is 0 Å². The molecule has 0 bridgehead atoms. The molecule has 0 fully saturated rings. The van der Waals surface area contributed by atoms with Crippen molar-refractivity contribution >= 4 is 14.5 Å². The zero-order chi connectivity index (χ0) is 9.97. The van der Waals surface area contributed by atoms with Gasteiger partial charge in [-0.25, -0.2) is 0 Å². The fourth-order valence-corrected chi connectivity index (χ4v) is 3.39. The van der Waals surface area contributed by atoms with Crippen LogP contribution < -0.4 is 0 Å². The van der Waals surface area contributed by atoms with Crippen LogP contribution in [0, 0.1) is 6.92 Å². The average molecular weight is 256 g/mol. The van der Waals surface area contributed by atoms with Gasteiger partial charge in [0.1, 0.15) is 0 Å². The minimum absolute atomic E-state index is 0.0660. The summed E-state index contributed by atoms with van der Waals surface area (Å²) in [6.45, 7) is 2.11. The van der Waals surface area contributed by atoms with Gasteiger partial charge in [0.15, 0.2) is 0 Å². The van der Waals surface area contributed by atoms with Crippen molar-refractivity contribution in [3.63, 3.8) is 0 Å². The quantitative estimate of drug-likeness (QED) is 0.838. The molecule has 14 heavy (non-hydrogen) atoms. The number of nitrogens with zero attached hydrogens (tertiary/aromatic N) is 1. The van der Waals surface area contributed by atoms with Crippen molar-refractivity contribution in [1.82, 2.24) is 4.98 Å². The summed E-state index contributed by atoms with van der Waals surface area (Å²) in [6.07, 6.45) is 3.33. The number of hydrogen-bond donors (Lipinski definition) is 1. The normalized spacial score (nSPS) is 13.0. The number of furan rings is 1. The van der Waals surface area contributed by atoms with E-state index in [-0.39, 0.29) is 27.0 Å². The monoisotopic (exact) mass is 257 g/mol. The molecule has 2 aromatic heterocycles. The van der Waals surface area contributed by atoms with E-state index >= 15 is 0 Å². The fourth-order valence-electron chi connectivity index (χ4n) is 1.46. The summed E-state index contributed by atoms with van der Waals surface area (Å²) in [4.78, 5) is 4.24. The molecule has 1 N–H and O–H groups in total. The Bertz CT molecular complexity index is 394. The Kier molecular flexibility index (Phi) is 2.87. The van der Waals surface area contributed by atoms with E-state index in [1.165, 1.54) is 4.44 Å². The van der Waals surface area contributed by atoms with Gasteiger partial charge in [-0.1, -0.05) is 0 Å². The van der Waals surface area contributed by atoms with Crippen molar-refractivity contribution in [2.24, 2.45) is 0 Å². The maximum atomic E-state index is 9.35. The van der Waals surface area contributed by atoms with Crippen LogP contribution in [0.15, 0.2) is 28.1 Å². The first-order valence-corrected chi connectivity index (χ1v) is 6.20. The zero-order valence-electron chi connectivity index (χ0n) is 7.80. The Morgan fingerprint density at radius 3 is 3.00 bits per heavy atom. The molecule has 0 aliphatic rings. The molecule has 0 aromatic carbocycles. The van der Waals surface area contributed by atoms with Crippen molar-refractivity contribution in [2.75, 3.05) is 6.61 Å². The molecule has 2 heterocycles. The molecule has 2 aromatic rings. The summed E-state index contributed by atoms with van der Waals surface area (Å²) >= 11 is 0.286. The summed E-state index contributed by atoms with van der Waals surface area (Å²) in [5.74, 6) is 0.0660. The molecule has 0 amide bonds. The summed E-state index contributed by atoms with van der Waals surface area (Å²) < 4.78 is 6.28. The second kappa shape index (κ2) is 4.13. The standard InChI is InChI=1S/C10H11NO2Se/c1-7-10(14-6-11-7)9(4-12)8-2-3-13-5-8/h2-3,5-6,9,12H,4H2,1H3. The molecule has 0 saturated carbocycles. The topological polar surface area (TPSA) is 46.3 Å². The summed E-state index contributed by atoms with van der Waals surface area (Å²) in [5, 5.41) is 11.3. The van der Waals surface area contributed by atoms with Crippen molar-refractivity contribution in [1.29, 1.82) is 0 Å². The van der Waals surface area contributed by atoms with E-state index in [0.29, 0.717) is 0 Å². The Balaban J connectivity index is 2.36. The molecule has 3 nitrogen and oxygen atoms in total. The minimum atomic E-state index is 0.0660. The van der Waals surface area contributed by atoms with Crippen LogP contribution in [0.25, 0.3) is 0 Å². The molecule has 0 saturated heterocycles. The molecule has 74 valence electrons. The second-order valence-corrected chi connectivity index (χ2v) is 4.95. The molecule has 1 atom stereocenters. The predicted molar refractivity (Wildman–Crippen MR) is 53.6 cm³/mol. The predicted octanol–water partition coefficient (Wildman–Crippen LogP) is 1.16. The van der Waals surface area contributed by atoms with Gasteiger partial charge in [-0.3, -0.25) is 0 Å². The Morgan fingerprint density at radius 1 is 1.64 bits per heavy atom. The van der Waals surface area contributed by atoms with E-state index in [0.717, 1.165) is 11.3 Å². The molecule has 1 unspecified atom stereocenters. The number of hydrogen-bond acceptors (Lipinski definition) is 3. The van der Waals surface area contributed by atoms with Crippen LogP contribution >= 0.6 is 0 Å². The van der Waals surface area contributed by atoms with Gasteiger partial charge < -0.3 is 0 Å². The van der Waals surface area contributed by atoms with Crippen molar-refractivity contribution in [3.8, 4) is 0 Å².